The molecule has 0 N–H and O–H groups in total. The van der Waals surface area contributed by atoms with E-state index in [0.29, 0.717) is 5.92 Å². The van der Waals surface area contributed by atoms with Gasteiger partial charge in [-0.15, -0.1) is 5.10 Å². The van der Waals surface area contributed by atoms with Crippen molar-refractivity contribution in [2.24, 2.45) is 5.92 Å². The van der Waals surface area contributed by atoms with Gasteiger partial charge in [0.2, 0.25) is 0 Å². The topological polar surface area (TPSA) is 30.7 Å². The Morgan fingerprint density at radius 2 is 2.30 bits per heavy atom. The number of rotatable bonds is 2. The van der Waals surface area contributed by atoms with Crippen molar-refractivity contribution in [2.45, 2.75) is 27.3 Å². The zero-order chi connectivity index (χ0) is 7.56. The molecule has 55 valence electrons. The molecule has 0 bridgehead atoms. The maximum atomic E-state index is 3.87. The van der Waals surface area contributed by atoms with Gasteiger partial charge in [0.25, 0.3) is 0 Å². The summed E-state index contributed by atoms with van der Waals surface area (Å²) in [4.78, 5) is 0. The molecule has 1 aromatic rings. The second kappa shape index (κ2) is 2.82. The molecule has 1 aromatic heterocycles. The molecule has 0 saturated heterocycles. The number of hydrogen-bond donors (Lipinski definition) is 0. The average molecular weight is 138 g/mol. The Bertz CT molecular complexity index is 202. The van der Waals surface area contributed by atoms with Gasteiger partial charge >= 0.3 is 0 Å². The zero-order valence-electron chi connectivity index (χ0n) is 6.63. The fourth-order valence-corrected chi connectivity index (χ4v) is 0.781. The highest BCUT2D eigenvalue weighted by atomic mass is 15.4. The molecule has 0 amide bonds. The minimum Gasteiger partial charge on any atom is -0.242 e. The third kappa shape index (κ3) is 1.83. The summed E-state index contributed by atoms with van der Waals surface area (Å²) in [5.74, 6) is 0.609. The Morgan fingerprint density at radius 3 is 2.70 bits per heavy atom. The summed E-state index contributed by atoms with van der Waals surface area (Å²) >= 11 is 0. The molecule has 0 spiro atoms. The van der Waals surface area contributed by atoms with Crippen LogP contribution in [0.25, 0.3) is 0 Å². The molecule has 0 aliphatic carbocycles. The Kier molecular flexibility index (Phi) is 2.04. The fraction of sp³-hybridized carbons (Fsp3) is 0.714. The third-order valence-corrected chi connectivity index (χ3v) is 1.13. The van der Waals surface area contributed by atoms with E-state index in [2.05, 4.69) is 30.4 Å². The van der Waals surface area contributed by atoms with Gasteiger partial charge in [0.05, 0.1) is 5.69 Å². The van der Waals surface area contributed by atoms with Crippen molar-refractivity contribution in [3.63, 3.8) is 0 Å². The van der Waals surface area contributed by atoms with Crippen molar-refractivity contribution in [1.29, 1.82) is 0 Å². The lowest BCUT2D eigenvalue weighted by Gasteiger charge is -2.00. The predicted molar refractivity (Wildman–Crippen MR) is 38.4 cm³/mol. The summed E-state index contributed by atoms with van der Waals surface area (Å²) < 4.78 is 1.75. The first kappa shape index (κ1) is 7.25. The summed E-state index contributed by atoms with van der Waals surface area (Å²) in [5, 5.41) is 7.69. The molecule has 0 saturated carbocycles. The Balaban J connectivity index is 2.58. The number of aryl methyl sites for hydroxylation is 1. The van der Waals surface area contributed by atoms with E-state index in [-0.39, 0.29) is 0 Å². The van der Waals surface area contributed by atoms with Crippen LogP contribution in [0.3, 0.4) is 0 Å². The summed E-state index contributed by atoms with van der Waals surface area (Å²) in [5.41, 5.74) is 0.862. The zero-order valence-corrected chi connectivity index (χ0v) is 6.63. The van der Waals surface area contributed by atoms with E-state index in [4.69, 9.17) is 0 Å². The molecule has 0 unspecified atom stereocenters. The summed E-state index contributed by atoms with van der Waals surface area (Å²) in [6, 6.07) is 0. The van der Waals surface area contributed by atoms with Crippen molar-refractivity contribution >= 4 is 0 Å². The smallest absolute Gasteiger partial charge is 0.111 e. The van der Waals surface area contributed by atoms with Crippen LogP contribution in [0.4, 0.5) is 0 Å². The van der Waals surface area contributed by atoms with Crippen molar-refractivity contribution in [3.8, 4) is 0 Å². The van der Waals surface area contributed by atoms with E-state index in [1.54, 1.807) is 4.68 Å². The highest BCUT2D eigenvalue weighted by Gasteiger charge is 1.98. The standard InChI is InChI=1S/C7H12N3/c1-6(2)4-10-5-7(3)8-9-10/h6H,4H2,1-3H3. The van der Waals surface area contributed by atoms with E-state index in [0.717, 1.165) is 12.2 Å². The quantitative estimate of drug-likeness (QED) is 0.611. The van der Waals surface area contributed by atoms with Crippen molar-refractivity contribution in [1.82, 2.24) is 15.0 Å². The van der Waals surface area contributed by atoms with E-state index in [1.807, 2.05) is 6.92 Å². The van der Waals surface area contributed by atoms with Crippen LogP contribution in [0.15, 0.2) is 0 Å². The molecule has 0 fully saturated rings. The van der Waals surface area contributed by atoms with Crippen LogP contribution in [-0.4, -0.2) is 15.0 Å². The normalized spacial score (nSPS) is 10.8. The van der Waals surface area contributed by atoms with Crippen molar-refractivity contribution in [2.75, 3.05) is 0 Å². The van der Waals surface area contributed by atoms with Gasteiger partial charge in [-0.2, -0.15) is 0 Å². The van der Waals surface area contributed by atoms with Gasteiger partial charge in [-0.1, -0.05) is 19.1 Å². The van der Waals surface area contributed by atoms with Crippen molar-refractivity contribution in [3.05, 3.63) is 11.9 Å². The van der Waals surface area contributed by atoms with Crippen LogP contribution in [0, 0.1) is 19.0 Å². The molecule has 0 aliphatic heterocycles. The van der Waals surface area contributed by atoms with E-state index >= 15 is 0 Å². The minimum atomic E-state index is 0.609. The lowest BCUT2D eigenvalue weighted by Crippen LogP contribution is -2.04. The van der Waals surface area contributed by atoms with Gasteiger partial charge < -0.3 is 0 Å². The lowest BCUT2D eigenvalue weighted by atomic mass is 10.2. The molecule has 0 aromatic carbocycles. The fourth-order valence-electron chi connectivity index (χ4n) is 0.781. The molecule has 3 nitrogen and oxygen atoms in total. The molecular weight excluding hydrogens is 126 g/mol. The van der Waals surface area contributed by atoms with Crippen LogP contribution < -0.4 is 0 Å². The van der Waals surface area contributed by atoms with Crippen LogP contribution in [0.5, 0.6) is 0 Å². The van der Waals surface area contributed by atoms with Gasteiger partial charge in [-0.3, -0.25) is 0 Å². The maximum Gasteiger partial charge on any atom is 0.111 e. The molecule has 0 aliphatic rings. The largest absolute Gasteiger partial charge is 0.242 e. The number of hydrogen-bond acceptors (Lipinski definition) is 2. The predicted octanol–water partition coefficient (Wildman–Crippen LogP) is 1.04. The molecule has 1 heterocycles. The van der Waals surface area contributed by atoms with Gasteiger partial charge in [-0.05, 0) is 12.8 Å². The summed E-state index contributed by atoms with van der Waals surface area (Å²) in [6.45, 7) is 7.08. The third-order valence-electron chi connectivity index (χ3n) is 1.13. The molecule has 3 heteroatoms. The summed E-state index contributed by atoms with van der Waals surface area (Å²) in [6.07, 6.45) is 3.00. The molecule has 1 radical (unpaired) electrons. The first-order valence-electron chi connectivity index (χ1n) is 3.48. The molecule has 10 heavy (non-hydrogen) atoms. The Morgan fingerprint density at radius 1 is 1.60 bits per heavy atom. The Hall–Kier alpha value is -0.860. The second-order valence-electron chi connectivity index (χ2n) is 2.86. The number of aromatic nitrogens is 3. The van der Waals surface area contributed by atoms with Crippen molar-refractivity contribution < 1.29 is 0 Å². The van der Waals surface area contributed by atoms with Gasteiger partial charge in [0.1, 0.15) is 6.20 Å². The van der Waals surface area contributed by atoms with Gasteiger partial charge in [0, 0.05) is 6.54 Å². The number of nitrogens with zero attached hydrogens (tertiary/aromatic N) is 3. The molecule has 0 atom stereocenters. The highest BCUT2D eigenvalue weighted by molar-refractivity contribution is 4.83. The van der Waals surface area contributed by atoms with E-state index in [1.165, 1.54) is 0 Å². The molecule has 1 rings (SSSR count). The Labute approximate surface area is 61.1 Å². The van der Waals surface area contributed by atoms with Crippen LogP contribution in [0.1, 0.15) is 19.5 Å². The van der Waals surface area contributed by atoms with Gasteiger partial charge in [-0.25, -0.2) is 4.68 Å². The summed E-state index contributed by atoms with van der Waals surface area (Å²) in [7, 11) is 0. The van der Waals surface area contributed by atoms with E-state index < -0.39 is 0 Å². The van der Waals surface area contributed by atoms with Gasteiger partial charge in [0.15, 0.2) is 0 Å². The molecular formula is C7H12N3. The SMILES string of the molecule is Cc1[c]n(CC(C)C)nn1. The van der Waals surface area contributed by atoms with Crippen LogP contribution >= 0.6 is 0 Å². The first-order valence-corrected chi connectivity index (χ1v) is 3.48. The average Bonchev–Trinajstić information content (AvgIpc) is 2.13. The highest BCUT2D eigenvalue weighted by Crippen LogP contribution is 1.96. The lowest BCUT2D eigenvalue weighted by molar-refractivity contribution is 0.470. The van der Waals surface area contributed by atoms with E-state index in [9.17, 15) is 0 Å². The minimum absolute atomic E-state index is 0.609. The first-order chi connectivity index (χ1) is 4.68. The van der Waals surface area contributed by atoms with Crippen LogP contribution in [-0.2, 0) is 6.54 Å². The monoisotopic (exact) mass is 138 g/mol. The maximum absolute atomic E-state index is 3.87. The second-order valence-corrected chi connectivity index (χ2v) is 2.86. The van der Waals surface area contributed by atoms with Crippen LogP contribution in [0.2, 0.25) is 0 Å².